The Kier molecular flexibility index (Phi) is 4.21. The van der Waals surface area contributed by atoms with Gasteiger partial charge in [0.2, 0.25) is 11.6 Å². The van der Waals surface area contributed by atoms with E-state index in [0.29, 0.717) is 0 Å². The first kappa shape index (κ1) is 15.2. The number of rotatable bonds is 3. The van der Waals surface area contributed by atoms with E-state index < -0.39 is 17.9 Å². The first-order valence-corrected chi connectivity index (χ1v) is 6.53. The van der Waals surface area contributed by atoms with Gasteiger partial charge in [-0.25, -0.2) is 0 Å². The summed E-state index contributed by atoms with van der Waals surface area (Å²) in [6.45, 7) is 5.59. The van der Waals surface area contributed by atoms with Crippen LogP contribution in [0.3, 0.4) is 0 Å². The second-order valence-corrected chi connectivity index (χ2v) is 5.32. The molecule has 0 saturated carbocycles. The molecule has 2 aliphatic heterocycles. The van der Waals surface area contributed by atoms with E-state index >= 15 is 0 Å². The molecule has 19 heavy (non-hydrogen) atoms. The summed E-state index contributed by atoms with van der Waals surface area (Å²) >= 11 is 0. The third kappa shape index (κ3) is 2.41. The quantitative estimate of drug-likeness (QED) is 0.774. The van der Waals surface area contributed by atoms with Gasteiger partial charge in [0, 0.05) is 27.8 Å². The lowest BCUT2D eigenvalue weighted by molar-refractivity contribution is -0.473. The van der Waals surface area contributed by atoms with Gasteiger partial charge in [0.15, 0.2) is 6.29 Å². The molecule has 2 fully saturated rings. The van der Waals surface area contributed by atoms with Crippen LogP contribution in [0.25, 0.3) is 0 Å². The average Bonchev–Trinajstić information content (AvgIpc) is 2.39. The summed E-state index contributed by atoms with van der Waals surface area (Å²) in [6.07, 6.45) is -0.188. The summed E-state index contributed by atoms with van der Waals surface area (Å²) in [5.41, 5.74) is 0. The lowest BCUT2D eigenvalue weighted by Crippen LogP contribution is -2.69. The highest BCUT2D eigenvalue weighted by Crippen LogP contribution is 2.43. The zero-order valence-corrected chi connectivity index (χ0v) is 12.5. The summed E-state index contributed by atoms with van der Waals surface area (Å²) in [5, 5.41) is 0. The fourth-order valence-electron chi connectivity index (χ4n) is 2.66. The second-order valence-electron chi connectivity index (χ2n) is 5.32. The Bertz CT molecular complexity index is 324. The van der Waals surface area contributed by atoms with Gasteiger partial charge in [-0.3, -0.25) is 0 Å². The lowest BCUT2D eigenvalue weighted by Gasteiger charge is -2.55. The third-order valence-corrected chi connectivity index (χ3v) is 4.14. The number of hydrogen-bond donors (Lipinski definition) is 0. The summed E-state index contributed by atoms with van der Waals surface area (Å²) in [4.78, 5) is 0. The van der Waals surface area contributed by atoms with Crippen molar-refractivity contribution in [2.75, 3.05) is 21.3 Å². The predicted molar refractivity (Wildman–Crippen MR) is 66.5 cm³/mol. The van der Waals surface area contributed by atoms with Gasteiger partial charge >= 0.3 is 0 Å². The van der Waals surface area contributed by atoms with Gasteiger partial charge in [0.05, 0.1) is 12.2 Å². The Hall–Kier alpha value is -0.240. The molecule has 6 heteroatoms. The zero-order chi connectivity index (χ0) is 14.3. The molecule has 0 aromatic carbocycles. The Balaban J connectivity index is 2.26. The van der Waals surface area contributed by atoms with Crippen LogP contribution in [0.5, 0.6) is 0 Å². The molecule has 2 rings (SSSR count). The molecule has 0 N–H and O–H groups in total. The minimum atomic E-state index is -1.02. The van der Waals surface area contributed by atoms with Crippen LogP contribution in [0, 0.1) is 0 Å². The molecule has 0 spiro atoms. The molecule has 112 valence electrons. The topological polar surface area (TPSA) is 55.4 Å². The fraction of sp³-hybridized carbons (Fsp3) is 1.00. The maximum absolute atomic E-state index is 6.10. The highest BCUT2D eigenvalue weighted by molar-refractivity contribution is 4.94. The van der Waals surface area contributed by atoms with Crippen LogP contribution >= 0.6 is 0 Å². The van der Waals surface area contributed by atoms with E-state index in [-0.39, 0.29) is 18.3 Å². The number of methoxy groups -OCH3 is 3. The number of hydrogen-bond acceptors (Lipinski definition) is 6. The minimum Gasteiger partial charge on any atom is -0.353 e. The van der Waals surface area contributed by atoms with Crippen molar-refractivity contribution < 1.29 is 28.4 Å². The molecule has 2 saturated heterocycles. The highest BCUT2D eigenvalue weighted by Gasteiger charge is 2.59. The molecule has 0 aromatic rings. The van der Waals surface area contributed by atoms with Crippen molar-refractivity contribution in [3.8, 4) is 0 Å². The molecular formula is C13H24O6. The molecule has 6 atom stereocenters. The summed E-state index contributed by atoms with van der Waals surface area (Å²) in [7, 11) is 4.74. The van der Waals surface area contributed by atoms with Gasteiger partial charge in [-0.2, -0.15) is 0 Å². The van der Waals surface area contributed by atoms with E-state index in [2.05, 4.69) is 0 Å². The summed E-state index contributed by atoms with van der Waals surface area (Å²) < 4.78 is 34.2. The first-order valence-electron chi connectivity index (χ1n) is 6.53. The average molecular weight is 276 g/mol. The first-order chi connectivity index (χ1) is 8.89. The SMILES string of the molecule is CO[C@H]1O[C@H](C)C[C@@H]2O[C@@](C)(OC)[C@](C)(OC)O[C@@H]12. The zero-order valence-electron chi connectivity index (χ0n) is 12.5. The van der Waals surface area contributed by atoms with Crippen molar-refractivity contribution in [3.05, 3.63) is 0 Å². The third-order valence-electron chi connectivity index (χ3n) is 4.14. The molecule has 0 amide bonds. The predicted octanol–water partition coefficient (Wildman–Crippen LogP) is 1.28. The maximum Gasteiger partial charge on any atom is 0.220 e. The minimum absolute atomic E-state index is 0.0443. The maximum atomic E-state index is 6.10. The van der Waals surface area contributed by atoms with Crippen LogP contribution in [0.2, 0.25) is 0 Å². The molecule has 6 nitrogen and oxygen atoms in total. The van der Waals surface area contributed by atoms with E-state index in [1.807, 2.05) is 13.8 Å². The highest BCUT2D eigenvalue weighted by atomic mass is 16.8. The van der Waals surface area contributed by atoms with Crippen molar-refractivity contribution in [1.29, 1.82) is 0 Å². The molecule has 2 heterocycles. The van der Waals surface area contributed by atoms with Crippen molar-refractivity contribution in [3.63, 3.8) is 0 Å². The van der Waals surface area contributed by atoms with E-state index in [9.17, 15) is 0 Å². The smallest absolute Gasteiger partial charge is 0.220 e. The van der Waals surface area contributed by atoms with Crippen molar-refractivity contribution in [2.45, 2.75) is 63.4 Å². The standard InChI is InChI=1S/C13H24O6/c1-8-7-9-10(11(14-4)17-8)19-13(3,16-6)12(2,15-5)18-9/h8-11H,7H2,1-6H3/t8-,9+,10-,11+,12-,13-/m1/s1. The van der Waals surface area contributed by atoms with E-state index in [4.69, 9.17) is 28.4 Å². The van der Waals surface area contributed by atoms with Gasteiger partial charge in [-0.1, -0.05) is 0 Å². The van der Waals surface area contributed by atoms with Crippen molar-refractivity contribution in [2.24, 2.45) is 0 Å². The molecule has 0 bridgehead atoms. The van der Waals surface area contributed by atoms with Gasteiger partial charge in [-0.05, 0) is 20.8 Å². The van der Waals surface area contributed by atoms with Crippen LogP contribution < -0.4 is 0 Å². The summed E-state index contributed by atoms with van der Waals surface area (Å²) in [5.74, 6) is -2.00. The molecule has 0 aromatic heterocycles. The Morgan fingerprint density at radius 1 is 1.00 bits per heavy atom. The number of ether oxygens (including phenoxy) is 6. The Morgan fingerprint density at radius 3 is 2.11 bits per heavy atom. The van der Waals surface area contributed by atoms with Gasteiger partial charge < -0.3 is 28.4 Å². The van der Waals surface area contributed by atoms with E-state index in [0.717, 1.165) is 6.42 Å². The molecule has 2 aliphatic rings. The van der Waals surface area contributed by atoms with Crippen LogP contribution in [-0.4, -0.2) is 57.5 Å². The summed E-state index contributed by atoms with van der Waals surface area (Å²) in [6, 6.07) is 0. The van der Waals surface area contributed by atoms with Crippen LogP contribution in [0.4, 0.5) is 0 Å². The van der Waals surface area contributed by atoms with Crippen LogP contribution in [-0.2, 0) is 28.4 Å². The van der Waals surface area contributed by atoms with Crippen LogP contribution in [0.15, 0.2) is 0 Å². The molecular weight excluding hydrogens is 252 g/mol. The fourth-order valence-corrected chi connectivity index (χ4v) is 2.66. The lowest BCUT2D eigenvalue weighted by atomic mass is 9.97. The second kappa shape index (κ2) is 5.27. The van der Waals surface area contributed by atoms with Gasteiger partial charge in [0.25, 0.3) is 0 Å². The number of fused-ring (bicyclic) bond motifs is 1. The molecule has 0 unspecified atom stereocenters. The van der Waals surface area contributed by atoms with E-state index in [1.54, 1.807) is 28.3 Å². The van der Waals surface area contributed by atoms with Crippen molar-refractivity contribution >= 4 is 0 Å². The van der Waals surface area contributed by atoms with Crippen LogP contribution in [0.1, 0.15) is 27.2 Å². The Labute approximate surface area is 114 Å². The monoisotopic (exact) mass is 276 g/mol. The molecule has 0 radical (unpaired) electrons. The Morgan fingerprint density at radius 2 is 1.58 bits per heavy atom. The normalized spacial score (nSPS) is 50.8. The molecule has 0 aliphatic carbocycles. The van der Waals surface area contributed by atoms with Gasteiger partial charge in [0.1, 0.15) is 6.10 Å². The van der Waals surface area contributed by atoms with Crippen molar-refractivity contribution in [1.82, 2.24) is 0 Å². The van der Waals surface area contributed by atoms with E-state index in [1.165, 1.54) is 0 Å². The largest absolute Gasteiger partial charge is 0.353 e. The van der Waals surface area contributed by atoms with Gasteiger partial charge in [-0.15, -0.1) is 0 Å².